The third-order valence-electron chi connectivity index (χ3n) is 6.57. The van der Waals surface area contributed by atoms with Gasteiger partial charge in [-0.1, -0.05) is 26.0 Å². The van der Waals surface area contributed by atoms with E-state index in [1.807, 2.05) is 9.47 Å². The second-order valence-corrected chi connectivity index (χ2v) is 8.16. The lowest BCUT2D eigenvalue weighted by atomic mass is 9.46. The molecule has 7 nitrogen and oxygen atoms in total. The molecule has 4 aliphatic rings. The Morgan fingerprint density at radius 2 is 2.16 bits per heavy atom. The highest BCUT2D eigenvalue weighted by Gasteiger charge is 2.55. The van der Waals surface area contributed by atoms with Crippen LogP contribution in [0.15, 0.2) is 12.2 Å². The van der Waals surface area contributed by atoms with Gasteiger partial charge < -0.3 is 19.5 Å². The third kappa shape index (κ3) is 2.56. The second kappa shape index (κ2) is 5.83. The number of aromatic nitrogens is 3. The van der Waals surface area contributed by atoms with E-state index in [1.165, 1.54) is 12.0 Å². The molecule has 5 rings (SSSR count). The van der Waals surface area contributed by atoms with Gasteiger partial charge in [0.2, 0.25) is 0 Å². The molecule has 1 aromatic rings. The van der Waals surface area contributed by atoms with Gasteiger partial charge in [0.05, 0.1) is 12.6 Å². The van der Waals surface area contributed by atoms with E-state index in [1.54, 1.807) is 7.11 Å². The Bertz CT molecular complexity index is 710. The second-order valence-electron chi connectivity index (χ2n) is 8.16. The first kappa shape index (κ1) is 16.6. The maximum Gasteiger partial charge on any atom is 0.318 e. The van der Waals surface area contributed by atoms with Crippen molar-refractivity contribution in [1.29, 1.82) is 0 Å². The van der Waals surface area contributed by atoms with E-state index in [-0.39, 0.29) is 12.1 Å². The number of rotatable bonds is 3. The lowest BCUT2D eigenvalue weighted by molar-refractivity contribution is -0.0374. The van der Waals surface area contributed by atoms with Gasteiger partial charge in [0.25, 0.3) is 0 Å². The van der Waals surface area contributed by atoms with Crippen LogP contribution in [-0.4, -0.2) is 45.4 Å². The highest BCUT2D eigenvalue weighted by atomic mass is 16.5. The zero-order chi connectivity index (χ0) is 17.8. The maximum atomic E-state index is 12.7. The monoisotopic (exact) mass is 345 g/mol. The van der Waals surface area contributed by atoms with Crippen molar-refractivity contribution in [3.63, 3.8) is 0 Å². The fraction of sp³-hybridized carbons (Fsp3) is 0.722. The lowest BCUT2D eigenvalue weighted by Crippen LogP contribution is -2.59. The number of fused-ring (bicyclic) bond motifs is 3. The van der Waals surface area contributed by atoms with Crippen LogP contribution in [0.4, 0.5) is 4.79 Å². The average Bonchev–Trinajstić information content (AvgIpc) is 2.98. The Kier molecular flexibility index (Phi) is 3.86. The lowest BCUT2D eigenvalue weighted by Gasteiger charge is -2.60. The first-order valence-electron chi connectivity index (χ1n) is 9.05. The van der Waals surface area contributed by atoms with Crippen LogP contribution in [0.1, 0.15) is 38.3 Å². The molecule has 0 aromatic carbocycles. The SMILES string of the molecule is C=C1C(NC(=O)N2CCn3c(COC)nnc3C2)C[C@H]2C[C@@H]1C2(C)C. The van der Waals surface area contributed by atoms with Crippen LogP contribution in [-0.2, 0) is 24.4 Å². The summed E-state index contributed by atoms with van der Waals surface area (Å²) >= 11 is 0. The van der Waals surface area contributed by atoms with Crippen molar-refractivity contribution in [3.8, 4) is 0 Å². The molecule has 3 atom stereocenters. The van der Waals surface area contributed by atoms with Crippen LogP contribution in [0.2, 0.25) is 0 Å². The molecule has 3 saturated carbocycles. The van der Waals surface area contributed by atoms with Crippen molar-refractivity contribution in [3.05, 3.63) is 23.8 Å². The minimum Gasteiger partial charge on any atom is -0.377 e. The van der Waals surface area contributed by atoms with Crippen molar-refractivity contribution in [1.82, 2.24) is 25.0 Å². The summed E-state index contributed by atoms with van der Waals surface area (Å²) in [5.41, 5.74) is 1.54. The number of nitrogens with zero attached hydrogens (tertiary/aromatic N) is 4. The number of amides is 2. The predicted molar refractivity (Wildman–Crippen MR) is 92.6 cm³/mol. The highest BCUT2D eigenvalue weighted by Crippen LogP contribution is 2.60. The van der Waals surface area contributed by atoms with Gasteiger partial charge in [0.1, 0.15) is 6.61 Å². The van der Waals surface area contributed by atoms with Crippen molar-refractivity contribution >= 4 is 6.03 Å². The zero-order valence-electron chi connectivity index (χ0n) is 15.3. The molecule has 2 bridgehead atoms. The Morgan fingerprint density at radius 1 is 1.36 bits per heavy atom. The van der Waals surface area contributed by atoms with Gasteiger partial charge in [-0.2, -0.15) is 0 Å². The summed E-state index contributed by atoms with van der Waals surface area (Å²) in [6.07, 6.45) is 2.24. The minimum absolute atomic E-state index is 0.0206. The quantitative estimate of drug-likeness (QED) is 0.850. The summed E-state index contributed by atoms with van der Waals surface area (Å²) in [6, 6.07) is 0.0842. The number of methoxy groups -OCH3 is 1. The van der Waals surface area contributed by atoms with E-state index < -0.39 is 0 Å². The average molecular weight is 345 g/mol. The number of hydrogen-bond acceptors (Lipinski definition) is 4. The van der Waals surface area contributed by atoms with Crippen LogP contribution in [0, 0.1) is 17.3 Å². The van der Waals surface area contributed by atoms with E-state index >= 15 is 0 Å². The topological polar surface area (TPSA) is 72.3 Å². The summed E-state index contributed by atoms with van der Waals surface area (Å²) in [4.78, 5) is 14.5. The van der Waals surface area contributed by atoms with Crippen molar-refractivity contribution in [2.75, 3.05) is 13.7 Å². The molecule has 0 saturated heterocycles. The van der Waals surface area contributed by atoms with E-state index in [0.29, 0.717) is 43.5 Å². The summed E-state index contributed by atoms with van der Waals surface area (Å²) in [5, 5.41) is 11.6. The normalized spacial score (nSPS) is 29.8. The van der Waals surface area contributed by atoms with Gasteiger partial charge >= 0.3 is 6.03 Å². The molecule has 1 aromatic heterocycles. The largest absolute Gasteiger partial charge is 0.377 e. The van der Waals surface area contributed by atoms with Crippen LogP contribution < -0.4 is 5.32 Å². The molecule has 1 aliphatic heterocycles. The molecule has 25 heavy (non-hydrogen) atoms. The number of carbonyl (C=O) groups is 1. The van der Waals surface area contributed by atoms with E-state index in [2.05, 4.69) is 35.9 Å². The maximum absolute atomic E-state index is 12.7. The van der Waals surface area contributed by atoms with Crippen molar-refractivity contribution in [2.45, 2.75) is 52.4 Å². The van der Waals surface area contributed by atoms with E-state index in [0.717, 1.165) is 18.1 Å². The van der Waals surface area contributed by atoms with Crippen molar-refractivity contribution in [2.24, 2.45) is 17.3 Å². The zero-order valence-corrected chi connectivity index (χ0v) is 15.3. The Morgan fingerprint density at radius 3 is 2.84 bits per heavy atom. The molecule has 136 valence electrons. The molecule has 0 spiro atoms. The van der Waals surface area contributed by atoms with Gasteiger partial charge in [-0.05, 0) is 30.1 Å². The first-order valence-corrected chi connectivity index (χ1v) is 9.05. The number of nitrogens with one attached hydrogen (secondary N) is 1. The van der Waals surface area contributed by atoms with Gasteiger partial charge in [-0.15, -0.1) is 10.2 Å². The standard InChI is InChI=1S/C18H27N5O2/c1-11-13-7-12(18(13,2)3)8-14(11)19-17(24)22-5-6-23-15(9-22)20-21-16(23)10-25-4/h12-14H,1,5-10H2,2-4H3,(H,19,24)/t12-,13+,14?/m1/s1. The van der Waals surface area contributed by atoms with Gasteiger partial charge in [0.15, 0.2) is 11.6 Å². The predicted octanol–water partition coefficient (Wildman–Crippen LogP) is 1.94. The van der Waals surface area contributed by atoms with Crippen LogP contribution in [0.3, 0.4) is 0 Å². The minimum atomic E-state index is -0.0206. The molecule has 3 fully saturated rings. The number of carbonyl (C=O) groups excluding carboxylic acids is 1. The van der Waals surface area contributed by atoms with Crippen LogP contribution in [0.5, 0.6) is 0 Å². The Labute approximate surface area is 148 Å². The molecular formula is C18H27N5O2. The number of urea groups is 1. The summed E-state index contributed by atoms with van der Waals surface area (Å²) in [5.74, 6) is 2.87. The molecule has 1 N–H and O–H groups in total. The Hall–Kier alpha value is -1.89. The van der Waals surface area contributed by atoms with Gasteiger partial charge in [-0.3, -0.25) is 0 Å². The molecule has 2 heterocycles. The summed E-state index contributed by atoms with van der Waals surface area (Å²) < 4.78 is 7.19. The Balaban J connectivity index is 1.39. The summed E-state index contributed by atoms with van der Waals surface area (Å²) in [6.45, 7) is 11.2. The fourth-order valence-electron chi connectivity index (χ4n) is 4.74. The van der Waals surface area contributed by atoms with E-state index in [9.17, 15) is 4.79 Å². The molecule has 2 amide bonds. The number of ether oxygens (including phenoxy) is 1. The van der Waals surface area contributed by atoms with Crippen molar-refractivity contribution < 1.29 is 9.53 Å². The summed E-state index contributed by atoms with van der Waals surface area (Å²) in [7, 11) is 1.65. The molecular weight excluding hydrogens is 318 g/mol. The fourth-order valence-corrected chi connectivity index (χ4v) is 4.74. The number of hydrogen-bond donors (Lipinski definition) is 1. The molecule has 7 heteroatoms. The van der Waals surface area contributed by atoms with Crippen LogP contribution >= 0.6 is 0 Å². The van der Waals surface area contributed by atoms with Crippen LogP contribution in [0.25, 0.3) is 0 Å². The molecule has 0 radical (unpaired) electrons. The van der Waals surface area contributed by atoms with Gasteiger partial charge in [-0.25, -0.2) is 4.79 Å². The van der Waals surface area contributed by atoms with E-state index in [4.69, 9.17) is 4.74 Å². The molecule has 3 aliphatic carbocycles. The highest BCUT2D eigenvalue weighted by molar-refractivity contribution is 5.75. The first-order chi connectivity index (χ1) is 11.9. The van der Waals surface area contributed by atoms with Gasteiger partial charge in [0, 0.05) is 20.2 Å². The molecule has 1 unspecified atom stereocenters. The smallest absolute Gasteiger partial charge is 0.318 e. The third-order valence-corrected chi connectivity index (χ3v) is 6.57.